The van der Waals surface area contributed by atoms with Crippen molar-refractivity contribution in [1.82, 2.24) is 4.98 Å². The van der Waals surface area contributed by atoms with Crippen LogP contribution in [0.1, 0.15) is 5.69 Å². The van der Waals surface area contributed by atoms with Crippen molar-refractivity contribution in [1.29, 1.82) is 0 Å². The van der Waals surface area contributed by atoms with Gasteiger partial charge in [0, 0.05) is 6.54 Å². The van der Waals surface area contributed by atoms with E-state index < -0.39 is 0 Å². The van der Waals surface area contributed by atoms with Crippen LogP contribution in [0.25, 0.3) is 10.4 Å². The van der Waals surface area contributed by atoms with E-state index in [0.29, 0.717) is 11.7 Å². The molecule has 0 unspecified atom stereocenters. The van der Waals surface area contributed by atoms with E-state index in [1.807, 2.05) is 30.3 Å². The summed E-state index contributed by atoms with van der Waals surface area (Å²) in [5.74, 6) is 0. The van der Waals surface area contributed by atoms with Crippen LogP contribution < -0.4 is 11.5 Å². The Bertz CT molecular complexity index is 422. The topological polar surface area (TPSA) is 64.9 Å². The SMILES string of the molecule is NCc1nc(N)sc1-c1ccccc1. The molecule has 4 heteroatoms. The average Bonchev–Trinajstić information content (AvgIpc) is 2.61. The van der Waals surface area contributed by atoms with Crippen LogP contribution >= 0.6 is 11.3 Å². The first kappa shape index (κ1) is 9.18. The number of anilines is 1. The van der Waals surface area contributed by atoms with Crippen molar-refractivity contribution in [2.75, 3.05) is 5.73 Å². The van der Waals surface area contributed by atoms with Gasteiger partial charge in [-0.15, -0.1) is 0 Å². The maximum Gasteiger partial charge on any atom is 0.180 e. The van der Waals surface area contributed by atoms with Gasteiger partial charge in [-0.1, -0.05) is 41.7 Å². The van der Waals surface area contributed by atoms with Crippen LogP contribution in [0.3, 0.4) is 0 Å². The van der Waals surface area contributed by atoms with Crippen LogP contribution in [-0.2, 0) is 6.54 Å². The molecular weight excluding hydrogens is 194 g/mol. The number of benzene rings is 1. The molecule has 0 amide bonds. The van der Waals surface area contributed by atoms with Gasteiger partial charge in [0.1, 0.15) is 0 Å². The molecule has 14 heavy (non-hydrogen) atoms. The Kier molecular flexibility index (Phi) is 2.47. The summed E-state index contributed by atoms with van der Waals surface area (Å²) in [6.07, 6.45) is 0. The molecule has 0 radical (unpaired) electrons. The summed E-state index contributed by atoms with van der Waals surface area (Å²) in [5, 5.41) is 0.573. The summed E-state index contributed by atoms with van der Waals surface area (Å²) in [5.41, 5.74) is 13.2. The van der Waals surface area contributed by atoms with E-state index in [1.165, 1.54) is 11.3 Å². The molecule has 2 rings (SSSR count). The van der Waals surface area contributed by atoms with Crippen molar-refractivity contribution in [2.24, 2.45) is 5.73 Å². The third-order valence-electron chi connectivity index (χ3n) is 1.94. The predicted molar refractivity (Wildman–Crippen MR) is 59.9 cm³/mol. The van der Waals surface area contributed by atoms with Gasteiger partial charge in [-0.3, -0.25) is 0 Å². The van der Waals surface area contributed by atoms with Gasteiger partial charge in [0.2, 0.25) is 0 Å². The Balaban J connectivity index is 2.51. The fourth-order valence-corrected chi connectivity index (χ4v) is 2.19. The quantitative estimate of drug-likeness (QED) is 0.786. The highest BCUT2D eigenvalue weighted by atomic mass is 32.1. The number of rotatable bonds is 2. The predicted octanol–water partition coefficient (Wildman–Crippen LogP) is 1.85. The lowest BCUT2D eigenvalue weighted by Crippen LogP contribution is -1.98. The van der Waals surface area contributed by atoms with Crippen molar-refractivity contribution < 1.29 is 0 Å². The number of hydrogen-bond donors (Lipinski definition) is 2. The van der Waals surface area contributed by atoms with Gasteiger partial charge in [-0.2, -0.15) is 0 Å². The average molecular weight is 205 g/mol. The minimum Gasteiger partial charge on any atom is -0.375 e. The lowest BCUT2D eigenvalue weighted by atomic mass is 10.1. The smallest absolute Gasteiger partial charge is 0.180 e. The van der Waals surface area contributed by atoms with Crippen LogP contribution in [-0.4, -0.2) is 4.98 Å². The molecule has 4 N–H and O–H groups in total. The first-order valence-corrected chi connectivity index (χ1v) is 5.13. The van der Waals surface area contributed by atoms with Gasteiger partial charge in [0.05, 0.1) is 10.6 Å². The van der Waals surface area contributed by atoms with Crippen LogP contribution in [0.2, 0.25) is 0 Å². The first-order chi connectivity index (χ1) is 6.81. The van der Waals surface area contributed by atoms with Gasteiger partial charge in [-0.05, 0) is 5.56 Å². The molecule has 1 aromatic carbocycles. The Morgan fingerprint density at radius 2 is 1.93 bits per heavy atom. The largest absolute Gasteiger partial charge is 0.375 e. The van der Waals surface area contributed by atoms with Crippen LogP contribution in [0.4, 0.5) is 5.13 Å². The van der Waals surface area contributed by atoms with E-state index in [4.69, 9.17) is 11.5 Å². The van der Waals surface area contributed by atoms with Crippen LogP contribution in [0.5, 0.6) is 0 Å². The molecule has 0 aliphatic rings. The standard InChI is InChI=1S/C10H11N3S/c11-6-8-9(14-10(12)13-8)7-4-2-1-3-5-7/h1-5H,6,11H2,(H2,12,13). The zero-order chi connectivity index (χ0) is 9.97. The number of hydrogen-bond acceptors (Lipinski definition) is 4. The number of aromatic nitrogens is 1. The lowest BCUT2D eigenvalue weighted by Gasteiger charge is -1.98. The first-order valence-electron chi connectivity index (χ1n) is 4.32. The van der Waals surface area contributed by atoms with Gasteiger partial charge in [0.25, 0.3) is 0 Å². The minimum atomic E-state index is 0.428. The van der Waals surface area contributed by atoms with E-state index >= 15 is 0 Å². The van der Waals surface area contributed by atoms with Gasteiger partial charge in [0.15, 0.2) is 5.13 Å². The van der Waals surface area contributed by atoms with Crippen molar-refractivity contribution >= 4 is 16.5 Å². The zero-order valence-corrected chi connectivity index (χ0v) is 8.42. The van der Waals surface area contributed by atoms with Gasteiger partial charge < -0.3 is 11.5 Å². The molecule has 0 atom stereocenters. The molecule has 0 bridgehead atoms. The highest BCUT2D eigenvalue weighted by Crippen LogP contribution is 2.30. The maximum atomic E-state index is 5.64. The van der Waals surface area contributed by atoms with Crippen molar-refractivity contribution in [2.45, 2.75) is 6.54 Å². The summed E-state index contributed by atoms with van der Waals surface area (Å²) < 4.78 is 0. The Morgan fingerprint density at radius 3 is 2.57 bits per heavy atom. The fraction of sp³-hybridized carbons (Fsp3) is 0.100. The molecule has 0 fully saturated rings. The monoisotopic (exact) mass is 205 g/mol. The second-order valence-corrected chi connectivity index (χ2v) is 3.93. The summed E-state index contributed by atoms with van der Waals surface area (Å²) in [7, 11) is 0. The van der Waals surface area contributed by atoms with E-state index in [0.717, 1.165) is 16.1 Å². The molecule has 0 aliphatic carbocycles. The maximum absolute atomic E-state index is 5.64. The molecular formula is C10H11N3S. The summed E-state index contributed by atoms with van der Waals surface area (Å²) >= 11 is 1.48. The van der Waals surface area contributed by atoms with Gasteiger partial charge >= 0.3 is 0 Å². The second-order valence-electron chi connectivity index (χ2n) is 2.90. The molecule has 72 valence electrons. The Labute approximate surface area is 86.4 Å². The Hall–Kier alpha value is -1.39. The number of nitrogens with zero attached hydrogens (tertiary/aromatic N) is 1. The number of nitrogens with two attached hydrogens (primary N) is 2. The van der Waals surface area contributed by atoms with Crippen molar-refractivity contribution in [3.63, 3.8) is 0 Å². The second kappa shape index (κ2) is 3.77. The third-order valence-corrected chi connectivity index (χ3v) is 2.92. The zero-order valence-electron chi connectivity index (χ0n) is 7.60. The highest BCUT2D eigenvalue weighted by molar-refractivity contribution is 7.18. The summed E-state index contributed by atoms with van der Waals surface area (Å²) in [6.45, 7) is 0.428. The number of nitrogen functional groups attached to an aromatic ring is 1. The van der Waals surface area contributed by atoms with Crippen molar-refractivity contribution in [3.8, 4) is 10.4 Å². The molecule has 0 saturated heterocycles. The molecule has 2 aromatic rings. The molecule has 0 saturated carbocycles. The molecule has 3 nitrogen and oxygen atoms in total. The third kappa shape index (κ3) is 1.62. The van der Waals surface area contributed by atoms with E-state index in [-0.39, 0.29) is 0 Å². The summed E-state index contributed by atoms with van der Waals surface area (Å²) in [4.78, 5) is 5.25. The lowest BCUT2D eigenvalue weighted by molar-refractivity contribution is 1.02. The number of thiazole rings is 1. The van der Waals surface area contributed by atoms with E-state index in [9.17, 15) is 0 Å². The fourth-order valence-electron chi connectivity index (χ4n) is 1.32. The molecule has 1 heterocycles. The van der Waals surface area contributed by atoms with Gasteiger partial charge in [-0.25, -0.2) is 4.98 Å². The van der Waals surface area contributed by atoms with Crippen LogP contribution in [0, 0.1) is 0 Å². The minimum absolute atomic E-state index is 0.428. The van der Waals surface area contributed by atoms with E-state index in [1.54, 1.807) is 0 Å². The Morgan fingerprint density at radius 1 is 1.21 bits per heavy atom. The molecule has 1 aromatic heterocycles. The normalized spacial score (nSPS) is 10.4. The van der Waals surface area contributed by atoms with Crippen molar-refractivity contribution in [3.05, 3.63) is 36.0 Å². The highest BCUT2D eigenvalue weighted by Gasteiger charge is 2.09. The summed E-state index contributed by atoms with van der Waals surface area (Å²) in [6, 6.07) is 10.0. The molecule has 0 spiro atoms. The van der Waals surface area contributed by atoms with Crippen LogP contribution in [0.15, 0.2) is 30.3 Å². The molecule has 0 aliphatic heterocycles. The van der Waals surface area contributed by atoms with E-state index in [2.05, 4.69) is 4.98 Å².